The molecule has 0 unspecified atom stereocenters. The normalized spacial score (nSPS) is 15.0. The summed E-state index contributed by atoms with van der Waals surface area (Å²) in [6.45, 7) is 11.3. The first-order valence-corrected chi connectivity index (χ1v) is 12.5. The highest BCUT2D eigenvalue weighted by Gasteiger charge is 2.27. The number of benzene rings is 1. The minimum absolute atomic E-state index is 0.171. The Morgan fingerprint density at radius 1 is 1.16 bits per heavy atom. The smallest absolute Gasteiger partial charge is 0.243 e. The van der Waals surface area contributed by atoms with Gasteiger partial charge in [-0.1, -0.05) is 0 Å². The zero-order valence-corrected chi connectivity index (χ0v) is 20.1. The standard InChI is InChI=1S/C22H33N5O4S/c1-5-25(6-2)21-8-7-19(32(29,30)26-11-13-31-14-12-26)16-20(21)23-22(28)9-10-27-18(4)15-17(3)24-27/h7-8,15-16H,5-6,9-14H2,1-4H3,(H,23,28). The van der Waals surface area contributed by atoms with E-state index in [1.807, 2.05) is 33.8 Å². The summed E-state index contributed by atoms with van der Waals surface area (Å²) in [5, 5.41) is 7.34. The lowest BCUT2D eigenvalue weighted by molar-refractivity contribution is -0.116. The van der Waals surface area contributed by atoms with Crippen molar-refractivity contribution in [3.05, 3.63) is 35.7 Å². The lowest BCUT2D eigenvalue weighted by Gasteiger charge is -2.28. The number of sulfonamides is 1. The van der Waals surface area contributed by atoms with Crippen LogP contribution < -0.4 is 10.2 Å². The molecule has 1 aliphatic heterocycles. The fourth-order valence-electron chi connectivity index (χ4n) is 3.87. The molecule has 9 nitrogen and oxygen atoms in total. The first kappa shape index (κ1) is 24.2. The van der Waals surface area contributed by atoms with Gasteiger partial charge in [0.1, 0.15) is 0 Å². The van der Waals surface area contributed by atoms with Gasteiger partial charge in [-0.15, -0.1) is 0 Å². The molecule has 2 aromatic rings. The molecule has 0 bridgehead atoms. The van der Waals surface area contributed by atoms with Crippen molar-refractivity contribution >= 4 is 27.3 Å². The predicted octanol–water partition coefficient (Wildman–Crippen LogP) is 2.40. The van der Waals surface area contributed by atoms with E-state index in [-0.39, 0.29) is 17.2 Å². The van der Waals surface area contributed by atoms with Crippen LogP contribution in [0.1, 0.15) is 31.7 Å². The van der Waals surface area contributed by atoms with Gasteiger partial charge in [-0.25, -0.2) is 8.42 Å². The Kier molecular flexibility index (Phi) is 7.91. The van der Waals surface area contributed by atoms with E-state index in [2.05, 4.69) is 15.3 Å². The molecule has 1 fully saturated rings. The van der Waals surface area contributed by atoms with Crippen LogP contribution >= 0.6 is 0 Å². The predicted molar refractivity (Wildman–Crippen MR) is 125 cm³/mol. The van der Waals surface area contributed by atoms with Crippen LogP contribution in [0.25, 0.3) is 0 Å². The third-order valence-electron chi connectivity index (χ3n) is 5.61. The fraction of sp³-hybridized carbons (Fsp3) is 0.545. The van der Waals surface area contributed by atoms with Crippen LogP contribution in [0.3, 0.4) is 0 Å². The van der Waals surface area contributed by atoms with E-state index < -0.39 is 10.0 Å². The van der Waals surface area contributed by atoms with Crippen LogP contribution in [0.15, 0.2) is 29.2 Å². The van der Waals surface area contributed by atoms with Gasteiger partial charge in [-0.2, -0.15) is 9.40 Å². The Bertz CT molecular complexity index is 1040. The summed E-state index contributed by atoms with van der Waals surface area (Å²) in [5.74, 6) is -0.188. The van der Waals surface area contributed by atoms with Gasteiger partial charge in [-0.3, -0.25) is 9.48 Å². The molecule has 1 aliphatic rings. The molecule has 1 aromatic heterocycles. The highest BCUT2D eigenvalue weighted by Crippen LogP contribution is 2.30. The molecule has 1 amide bonds. The van der Waals surface area contributed by atoms with Crippen molar-refractivity contribution in [2.75, 3.05) is 49.6 Å². The van der Waals surface area contributed by atoms with Crippen molar-refractivity contribution in [2.24, 2.45) is 0 Å². The molecule has 0 saturated carbocycles. The average Bonchev–Trinajstić information content (AvgIpc) is 3.11. The van der Waals surface area contributed by atoms with Crippen molar-refractivity contribution in [1.82, 2.24) is 14.1 Å². The maximum atomic E-state index is 13.1. The Labute approximate surface area is 190 Å². The lowest BCUT2D eigenvalue weighted by atomic mass is 10.2. The molecular weight excluding hydrogens is 430 g/mol. The number of morpholine rings is 1. The van der Waals surface area contributed by atoms with Gasteiger partial charge in [0.05, 0.1) is 35.2 Å². The molecule has 1 saturated heterocycles. The molecule has 0 spiro atoms. The van der Waals surface area contributed by atoms with Crippen molar-refractivity contribution in [3.63, 3.8) is 0 Å². The minimum atomic E-state index is -3.66. The number of anilines is 2. The summed E-state index contributed by atoms with van der Waals surface area (Å²) >= 11 is 0. The largest absolute Gasteiger partial charge is 0.379 e. The van der Waals surface area contributed by atoms with Crippen LogP contribution in [-0.4, -0.2) is 67.8 Å². The van der Waals surface area contributed by atoms with E-state index >= 15 is 0 Å². The molecule has 0 aliphatic carbocycles. The van der Waals surface area contributed by atoms with Crippen LogP contribution in [0.4, 0.5) is 11.4 Å². The van der Waals surface area contributed by atoms with Crippen molar-refractivity contribution in [2.45, 2.75) is 45.6 Å². The van der Waals surface area contributed by atoms with Gasteiger partial charge in [0, 0.05) is 44.8 Å². The van der Waals surface area contributed by atoms with E-state index in [0.717, 1.165) is 30.2 Å². The number of amides is 1. The van der Waals surface area contributed by atoms with E-state index in [4.69, 9.17) is 4.74 Å². The first-order valence-electron chi connectivity index (χ1n) is 11.0. The molecule has 3 rings (SSSR count). The van der Waals surface area contributed by atoms with E-state index in [9.17, 15) is 13.2 Å². The van der Waals surface area contributed by atoms with Gasteiger partial charge in [0.2, 0.25) is 15.9 Å². The quantitative estimate of drug-likeness (QED) is 0.613. The molecule has 176 valence electrons. The molecule has 32 heavy (non-hydrogen) atoms. The Morgan fingerprint density at radius 3 is 2.44 bits per heavy atom. The number of aryl methyl sites for hydroxylation is 3. The number of hydrogen-bond acceptors (Lipinski definition) is 6. The summed E-state index contributed by atoms with van der Waals surface area (Å²) in [5.41, 5.74) is 3.21. The van der Waals surface area contributed by atoms with Crippen LogP contribution in [0.5, 0.6) is 0 Å². The lowest BCUT2D eigenvalue weighted by Crippen LogP contribution is -2.40. The van der Waals surface area contributed by atoms with E-state index in [1.165, 1.54) is 4.31 Å². The zero-order chi connectivity index (χ0) is 23.3. The summed E-state index contributed by atoms with van der Waals surface area (Å²) in [4.78, 5) is 15.0. The van der Waals surface area contributed by atoms with E-state index in [0.29, 0.717) is 38.5 Å². The molecule has 1 N–H and O–H groups in total. The highest BCUT2D eigenvalue weighted by atomic mass is 32.2. The number of ether oxygens (including phenoxy) is 1. The number of nitrogens with zero attached hydrogens (tertiary/aromatic N) is 4. The van der Waals surface area contributed by atoms with Crippen LogP contribution in [0.2, 0.25) is 0 Å². The van der Waals surface area contributed by atoms with Gasteiger partial charge < -0.3 is 15.0 Å². The third-order valence-corrected chi connectivity index (χ3v) is 7.50. The van der Waals surface area contributed by atoms with Crippen LogP contribution in [0, 0.1) is 13.8 Å². The van der Waals surface area contributed by atoms with Gasteiger partial charge in [0.25, 0.3) is 0 Å². The maximum Gasteiger partial charge on any atom is 0.243 e. The van der Waals surface area contributed by atoms with Gasteiger partial charge in [-0.05, 0) is 52.0 Å². The maximum absolute atomic E-state index is 13.1. The second-order valence-corrected chi connectivity index (χ2v) is 9.75. The molecule has 2 heterocycles. The average molecular weight is 464 g/mol. The SMILES string of the molecule is CCN(CC)c1ccc(S(=O)(=O)N2CCOCC2)cc1NC(=O)CCn1nc(C)cc1C. The first-order chi connectivity index (χ1) is 15.3. The number of aromatic nitrogens is 2. The number of carbonyl (C=O) groups is 1. The third kappa shape index (κ3) is 5.48. The van der Waals surface area contributed by atoms with Crippen LogP contribution in [-0.2, 0) is 26.1 Å². The summed E-state index contributed by atoms with van der Waals surface area (Å²) < 4.78 is 34.8. The minimum Gasteiger partial charge on any atom is -0.379 e. The summed E-state index contributed by atoms with van der Waals surface area (Å²) in [7, 11) is -3.66. The molecule has 0 atom stereocenters. The monoisotopic (exact) mass is 463 g/mol. The number of hydrogen-bond donors (Lipinski definition) is 1. The zero-order valence-electron chi connectivity index (χ0n) is 19.3. The topological polar surface area (TPSA) is 96.8 Å². The second kappa shape index (κ2) is 10.5. The Hall–Kier alpha value is -2.43. The molecule has 0 radical (unpaired) electrons. The molecular formula is C22H33N5O4S. The number of nitrogens with one attached hydrogen (secondary N) is 1. The summed E-state index contributed by atoms with van der Waals surface area (Å²) in [6, 6.07) is 6.93. The molecule has 1 aromatic carbocycles. The van der Waals surface area contributed by atoms with Crippen molar-refractivity contribution < 1.29 is 17.9 Å². The van der Waals surface area contributed by atoms with Gasteiger partial charge >= 0.3 is 0 Å². The van der Waals surface area contributed by atoms with Gasteiger partial charge in [0.15, 0.2) is 0 Å². The summed E-state index contributed by atoms with van der Waals surface area (Å²) in [6.07, 6.45) is 0.236. The second-order valence-electron chi connectivity index (χ2n) is 7.82. The fourth-order valence-corrected chi connectivity index (χ4v) is 5.31. The number of carbonyl (C=O) groups excluding carboxylic acids is 1. The Morgan fingerprint density at radius 2 is 1.84 bits per heavy atom. The number of rotatable bonds is 9. The van der Waals surface area contributed by atoms with Crippen molar-refractivity contribution in [1.29, 1.82) is 0 Å². The Balaban J connectivity index is 1.84. The van der Waals surface area contributed by atoms with E-state index in [1.54, 1.807) is 22.9 Å². The highest BCUT2D eigenvalue weighted by molar-refractivity contribution is 7.89. The van der Waals surface area contributed by atoms with Crippen molar-refractivity contribution in [3.8, 4) is 0 Å². The molecule has 10 heteroatoms.